The summed E-state index contributed by atoms with van der Waals surface area (Å²) in [6, 6.07) is 15.4. The second-order valence-electron chi connectivity index (χ2n) is 6.87. The van der Waals surface area contributed by atoms with Crippen LogP contribution in [0.2, 0.25) is 0 Å². The maximum absolute atomic E-state index is 12.9. The number of benzene rings is 3. The SMILES string of the molecule is COc1ccc(C(=O)NC(=S)Nc2cccc(C(=O)Nc3cccc(C(F)(F)F)c3)c2)cc1I. The molecule has 0 unspecified atom stereocenters. The van der Waals surface area contributed by atoms with Gasteiger partial charge in [0.25, 0.3) is 11.8 Å². The molecule has 2 amide bonds. The molecule has 0 saturated carbocycles. The summed E-state index contributed by atoms with van der Waals surface area (Å²) in [5, 5.41) is 7.81. The first kappa shape index (κ1) is 25.4. The Bertz CT molecular complexity index is 1250. The number of rotatable bonds is 5. The third-order valence-corrected chi connectivity index (χ3v) is 5.52. The molecule has 3 N–H and O–H groups in total. The first-order valence-electron chi connectivity index (χ1n) is 9.61. The lowest BCUT2D eigenvalue weighted by molar-refractivity contribution is -0.137. The van der Waals surface area contributed by atoms with E-state index in [1.54, 1.807) is 30.3 Å². The van der Waals surface area contributed by atoms with Crippen molar-refractivity contribution in [3.05, 3.63) is 87.0 Å². The second kappa shape index (κ2) is 10.8. The molecule has 3 aromatic carbocycles. The molecule has 6 nitrogen and oxygen atoms in total. The van der Waals surface area contributed by atoms with E-state index in [0.29, 0.717) is 17.0 Å². The molecule has 0 aliphatic heterocycles. The van der Waals surface area contributed by atoms with Crippen LogP contribution in [-0.4, -0.2) is 24.0 Å². The summed E-state index contributed by atoms with van der Waals surface area (Å²) in [4.78, 5) is 25.0. The maximum atomic E-state index is 12.9. The van der Waals surface area contributed by atoms with Gasteiger partial charge in [0, 0.05) is 22.5 Å². The van der Waals surface area contributed by atoms with Crippen molar-refractivity contribution in [3.8, 4) is 5.75 Å². The van der Waals surface area contributed by atoms with Crippen LogP contribution >= 0.6 is 34.8 Å². The van der Waals surface area contributed by atoms with Gasteiger partial charge in [-0.05, 0) is 89.4 Å². The van der Waals surface area contributed by atoms with Crippen LogP contribution in [0, 0.1) is 3.57 Å². The summed E-state index contributed by atoms with van der Waals surface area (Å²) in [6.45, 7) is 0. The van der Waals surface area contributed by atoms with Crippen molar-refractivity contribution in [3.63, 3.8) is 0 Å². The number of amides is 2. The molecule has 0 fully saturated rings. The van der Waals surface area contributed by atoms with Gasteiger partial charge in [-0.2, -0.15) is 13.2 Å². The van der Waals surface area contributed by atoms with Crippen LogP contribution in [0.1, 0.15) is 26.3 Å². The first-order valence-corrected chi connectivity index (χ1v) is 11.1. The Balaban J connectivity index is 1.65. The van der Waals surface area contributed by atoms with Crippen LogP contribution in [0.25, 0.3) is 0 Å². The number of thiocarbonyl (C=S) groups is 1. The molecule has 0 heterocycles. The lowest BCUT2D eigenvalue weighted by atomic mass is 10.1. The molecule has 0 aliphatic rings. The minimum absolute atomic E-state index is 0.00580. The molecule has 0 aromatic heterocycles. The van der Waals surface area contributed by atoms with Crippen molar-refractivity contribution in [1.82, 2.24) is 5.32 Å². The van der Waals surface area contributed by atoms with Gasteiger partial charge in [0.1, 0.15) is 5.75 Å². The Hall–Kier alpha value is -3.19. The van der Waals surface area contributed by atoms with E-state index in [0.717, 1.165) is 15.7 Å². The zero-order valence-electron chi connectivity index (χ0n) is 17.5. The van der Waals surface area contributed by atoms with Crippen molar-refractivity contribution >= 4 is 63.1 Å². The molecule has 0 radical (unpaired) electrons. The first-order chi connectivity index (χ1) is 16.1. The van der Waals surface area contributed by atoms with Gasteiger partial charge >= 0.3 is 6.18 Å². The highest BCUT2D eigenvalue weighted by atomic mass is 127. The molecule has 176 valence electrons. The third kappa shape index (κ3) is 6.67. The molecular weight excluding hydrogens is 582 g/mol. The van der Waals surface area contributed by atoms with E-state index >= 15 is 0 Å². The maximum Gasteiger partial charge on any atom is 0.416 e. The average molecular weight is 599 g/mol. The Morgan fingerprint density at radius 1 is 0.882 bits per heavy atom. The van der Waals surface area contributed by atoms with Gasteiger partial charge in [0.05, 0.1) is 16.2 Å². The highest BCUT2D eigenvalue weighted by Crippen LogP contribution is 2.30. The van der Waals surface area contributed by atoms with Gasteiger partial charge in [-0.15, -0.1) is 0 Å². The summed E-state index contributed by atoms with van der Waals surface area (Å²) in [7, 11) is 1.53. The summed E-state index contributed by atoms with van der Waals surface area (Å²) in [5.41, 5.74) is 0.111. The van der Waals surface area contributed by atoms with Gasteiger partial charge in [-0.25, -0.2) is 0 Å². The topological polar surface area (TPSA) is 79.5 Å². The molecule has 0 saturated heterocycles. The summed E-state index contributed by atoms with van der Waals surface area (Å²) >= 11 is 7.23. The average Bonchev–Trinajstić information content (AvgIpc) is 2.78. The highest BCUT2D eigenvalue weighted by Gasteiger charge is 2.30. The van der Waals surface area contributed by atoms with Crippen LogP contribution < -0.4 is 20.7 Å². The fourth-order valence-electron chi connectivity index (χ4n) is 2.86. The van der Waals surface area contributed by atoms with E-state index < -0.39 is 23.6 Å². The zero-order valence-corrected chi connectivity index (χ0v) is 20.5. The molecule has 3 aromatic rings. The minimum Gasteiger partial charge on any atom is -0.496 e. The summed E-state index contributed by atoms with van der Waals surface area (Å²) < 4.78 is 44.6. The molecule has 0 aliphatic carbocycles. The van der Waals surface area contributed by atoms with E-state index in [1.165, 1.54) is 31.4 Å². The van der Waals surface area contributed by atoms with Crippen LogP contribution in [0.15, 0.2) is 66.7 Å². The number of hydrogen-bond donors (Lipinski definition) is 3. The molecule has 0 bridgehead atoms. The fourth-order valence-corrected chi connectivity index (χ4v) is 3.81. The number of hydrogen-bond acceptors (Lipinski definition) is 4. The summed E-state index contributed by atoms with van der Waals surface area (Å²) in [5.74, 6) is -0.402. The predicted molar refractivity (Wildman–Crippen MR) is 135 cm³/mol. The fraction of sp³-hybridized carbons (Fsp3) is 0.0870. The monoisotopic (exact) mass is 599 g/mol. The normalized spacial score (nSPS) is 10.9. The predicted octanol–water partition coefficient (Wildman–Crippen LogP) is 5.70. The van der Waals surface area contributed by atoms with Crippen LogP contribution in [0.3, 0.4) is 0 Å². The molecule has 0 spiro atoms. The molecule has 11 heteroatoms. The Morgan fingerprint density at radius 3 is 2.18 bits per heavy atom. The highest BCUT2D eigenvalue weighted by molar-refractivity contribution is 14.1. The molecule has 3 rings (SSSR count). The van der Waals surface area contributed by atoms with E-state index in [1.807, 2.05) is 22.6 Å². The van der Waals surface area contributed by atoms with E-state index in [-0.39, 0.29) is 16.4 Å². The Morgan fingerprint density at radius 2 is 1.53 bits per heavy atom. The van der Waals surface area contributed by atoms with Gasteiger partial charge in [0.2, 0.25) is 0 Å². The van der Waals surface area contributed by atoms with Crippen molar-refractivity contribution < 1.29 is 27.5 Å². The van der Waals surface area contributed by atoms with Crippen molar-refractivity contribution in [1.29, 1.82) is 0 Å². The largest absolute Gasteiger partial charge is 0.496 e. The van der Waals surface area contributed by atoms with Crippen molar-refractivity contribution in [2.24, 2.45) is 0 Å². The number of ether oxygens (including phenoxy) is 1. The quantitative estimate of drug-likeness (QED) is 0.259. The number of alkyl halides is 3. The minimum atomic E-state index is -4.52. The molecule has 34 heavy (non-hydrogen) atoms. The number of nitrogens with one attached hydrogen (secondary N) is 3. The lowest BCUT2D eigenvalue weighted by Gasteiger charge is -2.12. The van der Waals surface area contributed by atoms with Crippen LogP contribution in [-0.2, 0) is 6.18 Å². The van der Waals surface area contributed by atoms with Crippen LogP contribution in [0.4, 0.5) is 24.5 Å². The third-order valence-electron chi connectivity index (χ3n) is 4.47. The van der Waals surface area contributed by atoms with Gasteiger partial charge in [-0.3, -0.25) is 14.9 Å². The molecule has 0 atom stereocenters. The molecular formula is C23H17F3IN3O3S. The second-order valence-corrected chi connectivity index (χ2v) is 8.44. The lowest BCUT2D eigenvalue weighted by Crippen LogP contribution is -2.34. The van der Waals surface area contributed by atoms with Crippen LogP contribution in [0.5, 0.6) is 5.75 Å². The standard InChI is InChI=1S/C23H17F3IN3O3S/c1-33-19-9-8-14(11-18(19)27)21(32)30-22(34)29-16-6-2-4-13(10-16)20(31)28-17-7-3-5-15(12-17)23(24,25)26/h2-12H,1H3,(H,28,31)(H2,29,30,32,34). The smallest absolute Gasteiger partial charge is 0.416 e. The van der Waals surface area contributed by atoms with E-state index in [2.05, 4.69) is 16.0 Å². The zero-order chi connectivity index (χ0) is 24.9. The van der Waals surface area contributed by atoms with E-state index in [4.69, 9.17) is 17.0 Å². The summed E-state index contributed by atoms with van der Waals surface area (Å²) in [6.07, 6.45) is -4.52. The van der Waals surface area contributed by atoms with Gasteiger partial charge < -0.3 is 15.4 Å². The van der Waals surface area contributed by atoms with E-state index in [9.17, 15) is 22.8 Å². The number of anilines is 2. The Labute approximate surface area is 212 Å². The number of halogens is 4. The Kier molecular flexibility index (Phi) is 8.10. The van der Waals surface area contributed by atoms with Gasteiger partial charge in [0.15, 0.2) is 5.11 Å². The number of carbonyl (C=O) groups excluding carboxylic acids is 2. The number of methoxy groups -OCH3 is 1. The van der Waals surface area contributed by atoms with Gasteiger partial charge in [-0.1, -0.05) is 12.1 Å². The number of carbonyl (C=O) groups is 2. The van der Waals surface area contributed by atoms with Crippen molar-refractivity contribution in [2.75, 3.05) is 17.7 Å². The van der Waals surface area contributed by atoms with Crippen molar-refractivity contribution in [2.45, 2.75) is 6.18 Å².